The maximum absolute atomic E-state index is 14.1. The quantitative estimate of drug-likeness (QED) is 0.335. The molecule has 0 aliphatic carbocycles. The second-order valence-electron chi connectivity index (χ2n) is 9.13. The SMILES string of the molecule is CC(NC(=O)c1c(N)nc2cccnn12)c1nc2cccc(C#Cc3cnn(C)c3)c2c(=O)n1-c1ccccc1. The van der Waals surface area contributed by atoms with E-state index < -0.39 is 11.9 Å². The van der Waals surface area contributed by atoms with Gasteiger partial charge in [-0.05, 0) is 43.3 Å². The lowest BCUT2D eigenvalue weighted by molar-refractivity contribution is 0.0931. The van der Waals surface area contributed by atoms with Crippen LogP contribution in [0.5, 0.6) is 0 Å². The molecule has 0 bridgehead atoms. The summed E-state index contributed by atoms with van der Waals surface area (Å²) >= 11 is 0. The van der Waals surface area contributed by atoms with Gasteiger partial charge in [0.1, 0.15) is 5.82 Å². The molecule has 0 fully saturated rings. The van der Waals surface area contributed by atoms with Gasteiger partial charge in [-0.1, -0.05) is 36.1 Å². The second kappa shape index (κ2) is 9.85. The van der Waals surface area contributed by atoms with Crippen LogP contribution in [0.25, 0.3) is 22.2 Å². The molecule has 40 heavy (non-hydrogen) atoms. The van der Waals surface area contributed by atoms with E-state index in [1.54, 1.807) is 60.5 Å². The number of hydrogen-bond donors (Lipinski definition) is 2. The average Bonchev–Trinajstić information content (AvgIpc) is 3.53. The Balaban J connectivity index is 1.48. The van der Waals surface area contributed by atoms with Crippen LogP contribution in [0.2, 0.25) is 0 Å². The first kappa shape index (κ1) is 24.6. The Morgan fingerprint density at radius 3 is 2.60 bits per heavy atom. The average molecular weight is 530 g/mol. The number of carbonyl (C=O) groups excluding carboxylic acids is 1. The summed E-state index contributed by atoms with van der Waals surface area (Å²) in [6.07, 6.45) is 5.00. The smallest absolute Gasteiger partial charge is 0.274 e. The maximum Gasteiger partial charge on any atom is 0.274 e. The van der Waals surface area contributed by atoms with Gasteiger partial charge in [-0.2, -0.15) is 10.2 Å². The highest BCUT2D eigenvalue weighted by atomic mass is 16.2. The van der Waals surface area contributed by atoms with Crippen molar-refractivity contribution in [3.05, 3.63) is 112 Å². The highest BCUT2D eigenvalue weighted by molar-refractivity contribution is 5.98. The molecule has 196 valence electrons. The number of hydrogen-bond acceptors (Lipinski definition) is 7. The molecule has 1 atom stereocenters. The Morgan fingerprint density at radius 1 is 1.00 bits per heavy atom. The van der Waals surface area contributed by atoms with Crippen molar-refractivity contribution in [1.82, 2.24) is 39.2 Å². The number of nitrogen functional groups attached to an aromatic ring is 1. The third kappa shape index (κ3) is 4.33. The third-order valence-corrected chi connectivity index (χ3v) is 6.35. The Morgan fingerprint density at radius 2 is 1.82 bits per heavy atom. The van der Waals surface area contributed by atoms with Crippen molar-refractivity contribution in [1.29, 1.82) is 0 Å². The van der Waals surface area contributed by atoms with Crippen molar-refractivity contribution in [3.8, 4) is 17.5 Å². The van der Waals surface area contributed by atoms with Crippen LogP contribution in [0, 0.1) is 11.8 Å². The molecule has 4 aromatic heterocycles. The van der Waals surface area contributed by atoms with Crippen molar-refractivity contribution in [3.63, 3.8) is 0 Å². The minimum absolute atomic E-state index is 0.0483. The molecule has 1 amide bonds. The number of imidazole rings is 1. The predicted molar refractivity (Wildman–Crippen MR) is 150 cm³/mol. The zero-order valence-electron chi connectivity index (χ0n) is 21.6. The fourth-order valence-corrected chi connectivity index (χ4v) is 4.54. The zero-order valence-corrected chi connectivity index (χ0v) is 21.6. The first-order valence-corrected chi connectivity index (χ1v) is 12.4. The van der Waals surface area contributed by atoms with Crippen molar-refractivity contribution >= 4 is 28.3 Å². The van der Waals surface area contributed by atoms with Crippen LogP contribution in [0.3, 0.4) is 0 Å². The molecule has 11 heteroatoms. The van der Waals surface area contributed by atoms with E-state index in [0.717, 1.165) is 5.56 Å². The van der Waals surface area contributed by atoms with Gasteiger partial charge in [0, 0.05) is 25.0 Å². The lowest BCUT2D eigenvalue weighted by Gasteiger charge is -2.20. The number of carbonyl (C=O) groups is 1. The Bertz CT molecular complexity index is 2030. The Kier molecular flexibility index (Phi) is 6.05. The molecule has 3 N–H and O–H groups in total. The molecule has 4 heterocycles. The summed E-state index contributed by atoms with van der Waals surface area (Å²) in [5, 5.41) is 11.6. The molecule has 2 aromatic carbocycles. The lowest BCUT2D eigenvalue weighted by atomic mass is 10.1. The molecule has 0 radical (unpaired) electrons. The zero-order chi connectivity index (χ0) is 27.8. The summed E-state index contributed by atoms with van der Waals surface area (Å²) in [6.45, 7) is 1.75. The maximum atomic E-state index is 14.1. The van der Waals surface area contributed by atoms with Gasteiger partial charge in [-0.15, -0.1) is 0 Å². The van der Waals surface area contributed by atoms with Crippen LogP contribution in [0.1, 0.15) is 40.4 Å². The van der Waals surface area contributed by atoms with E-state index in [9.17, 15) is 9.59 Å². The van der Waals surface area contributed by atoms with Crippen molar-refractivity contribution in [2.75, 3.05) is 5.73 Å². The van der Waals surface area contributed by atoms with Crippen LogP contribution < -0.4 is 16.6 Å². The molecule has 0 aliphatic rings. The number of aromatic nitrogens is 7. The summed E-state index contributed by atoms with van der Waals surface area (Å²) < 4.78 is 4.54. The summed E-state index contributed by atoms with van der Waals surface area (Å²) in [5.41, 5.74) is 8.62. The molecule has 0 saturated heterocycles. The van der Waals surface area contributed by atoms with Crippen molar-refractivity contribution in [2.24, 2.45) is 7.05 Å². The van der Waals surface area contributed by atoms with Gasteiger partial charge in [-0.3, -0.25) is 18.8 Å². The second-order valence-corrected chi connectivity index (χ2v) is 9.13. The topological polar surface area (TPSA) is 138 Å². The van der Waals surface area contributed by atoms with Gasteiger partial charge < -0.3 is 11.1 Å². The number of fused-ring (bicyclic) bond motifs is 2. The number of para-hydroxylation sites is 1. The van der Waals surface area contributed by atoms with Gasteiger partial charge in [0.05, 0.1) is 34.4 Å². The molecule has 0 spiro atoms. The largest absolute Gasteiger partial charge is 0.382 e. The summed E-state index contributed by atoms with van der Waals surface area (Å²) in [5.74, 6) is 6.06. The van der Waals surface area contributed by atoms with E-state index in [-0.39, 0.29) is 17.1 Å². The van der Waals surface area contributed by atoms with E-state index in [1.165, 1.54) is 9.08 Å². The van der Waals surface area contributed by atoms with Gasteiger partial charge >= 0.3 is 0 Å². The highest BCUT2D eigenvalue weighted by Gasteiger charge is 2.24. The monoisotopic (exact) mass is 529 g/mol. The van der Waals surface area contributed by atoms with E-state index in [1.807, 2.05) is 37.4 Å². The molecule has 0 saturated carbocycles. The molecule has 11 nitrogen and oxygen atoms in total. The van der Waals surface area contributed by atoms with E-state index >= 15 is 0 Å². The number of rotatable bonds is 4. The fourth-order valence-electron chi connectivity index (χ4n) is 4.54. The molecule has 0 aliphatic heterocycles. The first-order chi connectivity index (χ1) is 19.4. The number of aryl methyl sites for hydroxylation is 1. The fraction of sp³-hybridized carbons (Fsp3) is 0.103. The summed E-state index contributed by atoms with van der Waals surface area (Å²) in [4.78, 5) is 36.5. The van der Waals surface area contributed by atoms with E-state index in [2.05, 4.69) is 32.3 Å². The summed E-state index contributed by atoms with van der Waals surface area (Å²) in [6, 6.07) is 17.2. The number of nitrogens with two attached hydrogens (primary N) is 1. The third-order valence-electron chi connectivity index (χ3n) is 6.35. The minimum Gasteiger partial charge on any atom is -0.382 e. The Hall–Kier alpha value is -5.76. The van der Waals surface area contributed by atoms with Gasteiger partial charge in [0.2, 0.25) is 0 Å². The normalized spacial score (nSPS) is 11.8. The number of nitrogens with one attached hydrogen (secondary N) is 1. The minimum atomic E-state index is -0.691. The lowest BCUT2D eigenvalue weighted by Crippen LogP contribution is -2.34. The number of benzene rings is 2. The van der Waals surface area contributed by atoms with Gasteiger partial charge in [-0.25, -0.2) is 14.5 Å². The van der Waals surface area contributed by atoms with E-state index in [4.69, 9.17) is 10.7 Å². The van der Waals surface area contributed by atoms with Crippen LogP contribution in [0.15, 0.2) is 84.0 Å². The number of nitrogens with zero attached hydrogens (tertiary/aromatic N) is 7. The highest BCUT2D eigenvalue weighted by Crippen LogP contribution is 2.21. The van der Waals surface area contributed by atoms with Gasteiger partial charge in [0.25, 0.3) is 11.5 Å². The van der Waals surface area contributed by atoms with E-state index in [0.29, 0.717) is 33.6 Å². The predicted octanol–water partition coefficient (Wildman–Crippen LogP) is 2.63. The van der Waals surface area contributed by atoms with Crippen LogP contribution >= 0.6 is 0 Å². The van der Waals surface area contributed by atoms with Gasteiger partial charge in [0.15, 0.2) is 17.2 Å². The molecular weight excluding hydrogens is 506 g/mol. The van der Waals surface area contributed by atoms with Crippen molar-refractivity contribution in [2.45, 2.75) is 13.0 Å². The number of amides is 1. The summed E-state index contributed by atoms with van der Waals surface area (Å²) in [7, 11) is 1.81. The molecule has 6 rings (SSSR count). The van der Waals surface area contributed by atoms with Crippen LogP contribution in [-0.2, 0) is 7.05 Å². The standard InChI is InChI=1S/C29H23N9O2/c1-18(33-28(39)25-26(30)35-23-12-7-15-31-38(23)25)27-34-22-11-6-8-20(14-13-19-16-32-36(2)17-19)24(22)29(40)37(27)21-9-4-3-5-10-21/h3-12,15-18H,30H2,1-2H3,(H,33,39). The molecule has 6 aromatic rings. The van der Waals surface area contributed by atoms with Crippen LogP contribution in [-0.4, -0.2) is 39.8 Å². The van der Waals surface area contributed by atoms with Crippen LogP contribution in [0.4, 0.5) is 5.82 Å². The Labute approximate surface area is 227 Å². The van der Waals surface area contributed by atoms with Crippen molar-refractivity contribution < 1.29 is 4.79 Å². The first-order valence-electron chi connectivity index (χ1n) is 12.4. The molecule has 1 unspecified atom stereocenters. The number of anilines is 1. The molecular formula is C29H23N9O2.